The first kappa shape index (κ1) is 14.1. The smallest absolute Gasteiger partial charge is 0.253 e. The van der Waals surface area contributed by atoms with Gasteiger partial charge in [0, 0.05) is 28.5 Å². The highest BCUT2D eigenvalue weighted by Crippen LogP contribution is 2.22. The van der Waals surface area contributed by atoms with Crippen molar-refractivity contribution < 1.29 is 4.79 Å². The van der Waals surface area contributed by atoms with Crippen LogP contribution < -0.4 is 0 Å². The SMILES string of the molecule is Cc1cc(C(=O)N2CCCC(CBr)C2)ccc1Br. The quantitative estimate of drug-likeness (QED) is 0.716. The number of piperidine rings is 1. The van der Waals surface area contributed by atoms with Gasteiger partial charge in [0.25, 0.3) is 5.91 Å². The Morgan fingerprint density at radius 3 is 2.94 bits per heavy atom. The number of rotatable bonds is 2. The van der Waals surface area contributed by atoms with E-state index >= 15 is 0 Å². The fourth-order valence-electron chi connectivity index (χ4n) is 2.34. The number of likely N-dealkylation sites (tertiary alicyclic amines) is 1. The highest BCUT2D eigenvalue weighted by molar-refractivity contribution is 9.10. The van der Waals surface area contributed by atoms with Crippen LogP contribution in [-0.4, -0.2) is 29.2 Å². The number of benzene rings is 1. The fourth-order valence-corrected chi connectivity index (χ4v) is 3.11. The van der Waals surface area contributed by atoms with Crippen LogP contribution in [0.2, 0.25) is 0 Å². The summed E-state index contributed by atoms with van der Waals surface area (Å²) in [5.41, 5.74) is 1.90. The Hall–Kier alpha value is -0.350. The summed E-state index contributed by atoms with van der Waals surface area (Å²) in [6.07, 6.45) is 2.33. The standard InChI is InChI=1S/C14H17Br2NO/c1-10-7-12(4-5-13(10)16)14(18)17-6-2-3-11(8-15)9-17/h4-5,7,11H,2-3,6,8-9H2,1H3. The van der Waals surface area contributed by atoms with E-state index in [9.17, 15) is 4.79 Å². The predicted molar refractivity (Wildman–Crippen MR) is 81.3 cm³/mol. The molecule has 4 heteroatoms. The van der Waals surface area contributed by atoms with E-state index in [-0.39, 0.29) is 5.91 Å². The fraction of sp³-hybridized carbons (Fsp3) is 0.500. The van der Waals surface area contributed by atoms with Crippen molar-refractivity contribution in [1.29, 1.82) is 0 Å². The van der Waals surface area contributed by atoms with E-state index in [1.807, 2.05) is 30.0 Å². The lowest BCUT2D eigenvalue weighted by atomic mass is 9.99. The van der Waals surface area contributed by atoms with Gasteiger partial charge in [-0.2, -0.15) is 0 Å². The molecule has 98 valence electrons. The van der Waals surface area contributed by atoms with Gasteiger partial charge in [-0.3, -0.25) is 4.79 Å². The third-order valence-corrected chi connectivity index (χ3v) is 5.23. The van der Waals surface area contributed by atoms with Crippen molar-refractivity contribution in [2.75, 3.05) is 18.4 Å². The van der Waals surface area contributed by atoms with E-state index in [1.54, 1.807) is 0 Å². The second kappa shape index (κ2) is 6.20. The van der Waals surface area contributed by atoms with Crippen LogP contribution in [0.15, 0.2) is 22.7 Å². The van der Waals surface area contributed by atoms with Crippen molar-refractivity contribution in [2.45, 2.75) is 19.8 Å². The lowest BCUT2D eigenvalue weighted by molar-refractivity contribution is 0.0686. The monoisotopic (exact) mass is 373 g/mol. The summed E-state index contributed by atoms with van der Waals surface area (Å²) in [7, 11) is 0. The van der Waals surface area contributed by atoms with E-state index in [0.29, 0.717) is 5.92 Å². The number of amides is 1. The van der Waals surface area contributed by atoms with E-state index in [1.165, 1.54) is 6.42 Å². The minimum absolute atomic E-state index is 0.163. The zero-order valence-corrected chi connectivity index (χ0v) is 13.6. The van der Waals surface area contributed by atoms with Crippen LogP contribution in [0.4, 0.5) is 0 Å². The molecule has 1 aromatic rings. The molecule has 1 aliphatic rings. The maximum absolute atomic E-state index is 12.4. The molecule has 1 unspecified atom stereocenters. The van der Waals surface area contributed by atoms with E-state index in [4.69, 9.17) is 0 Å². The summed E-state index contributed by atoms with van der Waals surface area (Å²) in [4.78, 5) is 14.4. The number of aryl methyl sites for hydroxylation is 1. The van der Waals surface area contributed by atoms with Gasteiger partial charge >= 0.3 is 0 Å². The highest BCUT2D eigenvalue weighted by atomic mass is 79.9. The molecule has 1 atom stereocenters. The molecule has 0 aliphatic carbocycles. The summed E-state index contributed by atoms with van der Waals surface area (Å²) in [6, 6.07) is 5.82. The Balaban J connectivity index is 2.12. The number of hydrogen-bond acceptors (Lipinski definition) is 1. The van der Waals surface area contributed by atoms with Crippen LogP contribution in [-0.2, 0) is 0 Å². The van der Waals surface area contributed by atoms with Gasteiger partial charge < -0.3 is 4.90 Å². The number of halogens is 2. The molecule has 1 saturated heterocycles. The molecule has 0 spiro atoms. The first-order valence-electron chi connectivity index (χ1n) is 6.23. The zero-order valence-electron chi connectivity index (χ0n) is 10.5. The minimum atomic E-state index is 0.163. The van der Waals surface area contributed by atoms with Crippen LogP contribution in [0.25, 0.3) is 0 Å². The van der Waals surface area contributed by atoms with Crippen molar-refractivity contribution in [3.05, 3.63) is 33.8 Å². The van der Waals surface area contributed by atoms with Crippen LogP contribution in [0.1, 0.15) is 28.8 Å². The first-order chi connectivity index (χ1) is 8.61. The molecule has 1 amide bonds. The minimum Gasteiger partial charge on any atom is -0.338 e. The molecule has 18 heavy (non-hydrogen) atoms. The maximum atomic E-state index is 12.4. The zero-order chi connectivity index (χ0) is 13.1. The maximum Gasteiger partial charge on any atom is 0.253 e. The van der Waals surface area contributed by atoms with Crippen molar-refractivity contribution in [1.82, 2.24) is 4.90 Å². The van der Waals surface area contributed by atoms with E-state index < -0.39 is 0 Å². The first-order valence-corrected chi connectivity index (χ1v) is 8.14. The molecule has 1 heterocycles. The van der Waals surface area contributed by atoms with Gasteiger partial charge in [-0.15, -0.1) is 0 Å². The van der Waals surface area contributed by atoms with Gasteiger partial charge in [0.1, 0.15) is 0 Å². The summed E-state index contributed by atoms with van der Waals surface area (Å²) in [6.45, 7) is 3.77. The highest BCUT2D eigenvalue weighted by Gasteiger charge is 2.23. The third kappa shape index (κ3) is 3.15. The molecule has 1 aliphatic heterocycles. The predicted octanol–water partition coefficient (Wildman–Crippen LogP) is 4.00. The van der Waals surface area contributed by atoms with Crippen molar-refractivity contribution in [3.63, 3.8) is 0 Å². The van der Waals surface area contributed by atoms with Crippen LogP contribution in [0, 0.1) is 12.8 Å². The molecule has 0 saturated carbocycles. The number of nitrogens with zero attached hydrogens (tertiary/aromatic N) is 1. The van der Waals surface area contributed by atoms with Crippen molar-refractivity contribution in [2.24, 2.45) is 5.92 Å². The number of hydrogen-bond donors (Lipinski definition) is 0. The molecule has 1 aromatic carbocycles. The molecule has 0 aromatic heterocycles. The molecule has 0 radical (unpaired) electrons. The van der Waals surface area contributed by atoms with Gasteiger partial charge in [0.05, 0.1) is 0 Å². The van der Waals surface area contributed by atoms with Gasteiger partial charge in [0.15, 0.2) is 0 Å². The summed E-state index contributed by atoms with van der Waals surface area (Å²) in [5.74, 6) is 0.760. The molecule has 1 fully saturated rings. The Kier molecular flexibility index (Phi) is 4.84. The summed E-state index contributed by atoms with van der Waals surface area (Å²) >= 11 is 6.98. The van der Waals surface area contributed by atoms with Crippen molar-refractivity contribution in [3.8, 4) is 0 Å². The normalized spacial score (nSPS) is 19.9. The van der Waals surface area contributed by atoms with Gasteiger partial charge in [-0.25, -0.2) is 0 Å². The van der Waals surface area contributed by atoms with Gasteiger partial charge in [-0.05, 0) is 49.4 Å². The van der Waals surface area contributed by atoms with Crippen LogP contribution in [0.5, 0.6) is 0 Å². The molecule has 2 rings (SSSR count). The summed E-state index contributed by atoms with van der Waals surface area (Å²) in [5, 5.41) is 0.982. The van der Waals surface area contributed by atoms with Crippen LogP contribution in [0.3, 0.4) is 0 Å². The lowest BCUT2D eigenvalue weighted by Crippen LogP contribution is -2.40. The molecule has 2 nitrogen and oxygen atoms in total. The molecular weight excluding hydrogens is 358 g/mol. The third-order valence-electron chi connectivity index (χ3n) is 3.43. The Labute approximate surface area is 125 Å². The largest absolute Gasteiger partial charge is 0.338 e. The summed E-state index contributed by atoms with van der Waals surface area (Å²) < 4.78 is 1.05. The van der Waals surface area contributed by atoms with E-state index in [2.05, 4.69) is 31.9 Å². The molecule has 0 bridgehead atoms. The number of alkyl halides is 1. The molecular formula is C14H17Br2NO. The Bertz CT molecular complexity index is 447. The average Bonchev–Trinajstić information content (AvgIpc) is 2.41. The Morgan fingerprint density at radius 2 is 2.28 bits per heavy atom. The van der Waals surface area contributed by atoms with Gasteiger partial charge in [0.2, 0.25) is 0 Å². The lowest BCUT2D eigenvalue weighted by Gasteiger charge is -2.32. The topological polar surface area (TPSA) is 20.3 Å². The Morgan fingerprint density at radius 1 is 1.50 bits per heavy atom. The second-order valence-electron chi connectivity index (χ2n) is 4.88. The van der Waals surface area contributed by atoms with E-state index in [0.717, 1.165) is 40.4 Å². The average molecular weight is 375 g/mol. The number of carbonyl (C=O) groups is 1. The van der Waals surface area contributed by atoms with Crippen LogP contribution >= 0.6 is 31.9 Å². The second-order valence-corrected chi connectivity index (χ2v) is 6.38. The number of carbonyl (C=O) groups excluding carboxylic acids is 1. The van der Waals surface area contributed by atoms with Crippen molar-refractivity contribution >= 4 is 37.8 Å². The molecule has 0 N–H and O–H groups in total. The van der Waals surface area contributed by atoms with Gasteiger partial charge in [-0.1, -0.05) is 31.9 Å².